The van der Waals surface area contributed by atoms with Gasteiger partial charge in [0.25, 0.3) is 0 Å². The smallest absolute Gasteiger partial charge is 0.387 e. The van der Waals surface area contributed by atoms with Crippen LogP contribution in [0.4, 0.5) is 8.78 Å². The molecule has 4 aromatic rings. The molecule has 4 rings (SSSR count). The van der Waals surface area contributed by atoms with Gasteiger partial charge in [0.15, 0.2) is 0 Å². The molecule has 0 aliphatic carbocycles. The number of hydrogen-bond donors (Lipinski definition) is 1. The number of aromatic hydroxyl groups is 1. The highest BCUT2D eigenvalue weighted by Gasteiger charge is 2.22. The van der Waals surface area contributed by atoms with Crippen molar-refractivity contribution >= 4 is 10.9 Å². The van der Waals surface area contributed by atoms with Crippen LogP contribution in [0.25, 0.3) is 27.8 Å². The summed E-state index contributed by atoms with van der Waals surface area (Å²) in [4.78, 5) is 8.68. The third kappa shape index (κ3) is 3.71. The van der Waals surface area contributed by atoms with Crippen molar-refractivity contribution in [3.63, 3.8) is 0 Å². The molecule has 0 radical (unpaired) electrons. The topological polar surface area (TPSA) is 78.0 Å². The van der Waals surface area contributed by atoms with Gasteiger partial charge in [-0.3, -0.25) is 14.2 Å². The molecule has 0 amide bonds. The number of nitrogens with zero attached hydrogens (tertiary/aromatic N) is 5. The van der Waals surface area contributed by atoms with Crippen LogP contribution in [0.5, 0.6) is 11.6 Å². The van der Waals surface area contributed by atoms with Crippen molar-refractivity contribution in [2.75, 3.05) is 0 Å². The van der Waals surface area contributed by atoms with Gasteiger partial charge in [0, 0.05) is 23.7 Å². The monoisotopic (exact) mass is 427 g/mol. The molecule has 31 heavy (non-hydrogen) atoms. The molecule has 0 unspecified atom stereocenters. The number of pyridine rings is 2. The van der Waals surface area contributed by atoms with Gasteiger partial charge in [0.1, 0.15) is 5.75 Å². The predicted molar refractivity (Wildman–Crippen MR) is 113 cm³/mol. The standard InChI is InChI=1S/C22H23F2N5O2/c1-12-6-17(14-7-16(10-25-8-14)31-21(23)24)27-19-13(2)29(20(30)18(12)19)15-9-26-28(11-15)22(3,4)5/h6-11,21,30H,1-5H3. The zero-order valence-corrected chi connectivity index (χ0v) is 17.9. The Hall–Kier alpha value is -3.49. The van der Waals surface area contributed by atoms with Crippen LogP contribution in [-0.2, 0) is 5.54 Å². The number of fused-ring (bicyclic) bond motifs is 1. The van der Waals surface area contributed by atoms with Crippen molar-refractivity contribution in [1.29, 1.82) is 0 Å². The number of hydrogen-bond acceptors (Lipinski definition) is 5. The molecule has 4 heterocycles. The van der Waals surface area contributed by atoms with Crippen LogP contribution in [0, 0.1) is 13.8 Å². The summed E-state index contributed by atoms with van der Waals surface area (Å²) in [6.07, 6.45) is 6.33. The lowest BCUT2D eigenvalue weighted by molar-refractivity contribution is -0.0500. The molecule has 1 N–H and O–H groups in total. The second-order valence-corrected chi connectivity index (χ2v) is 8.39. The van der Waals surface area contributed by atoms with Gasteiger partial charge >= 0.3 is 6.61 Å². The number of aromatic nitrogens is 5. The summed E-state index contributed by atoms with van der Waals surface area (Å²) >= 11 is 0. The van der Waals surface area contributed by atoms with Crippen LogP contribution in [0.15, 0.2) is 36.9 Å². The summed E-state index contributed by atoms with van der Waals surface area (Å²) in [6.45, 7) is 6.92. The average Bonchev–Trinajstić information content (AvgIpc) is 3.25. The zero-order chi connectivity index (χ0) is 22.5. The predicted octanol–water partition coefficient (Wildman–Crippen LogP) is 4.96. The molecule has 7 nitrogen and oxygen atoms in total. The minimum atomic E-state index is -2.93. The van der Waals surface area contributed by atoms with Gasteiger partial charge in [-0.15, -0.1) is 0 Å². The second kappa shape index (κ2) is 7.33. The maximum atomic E-state index is 12.6. The Balaban J connectivity index is 1.85. The van der Waals surface area contributed by atoms with Gasteiger partial charge in [0.2, 0.25) is 5.88 Å². The van der Waals surface area contributed by atoms with Crippen LogP contribution < -0.4 is 4.74 Å². The Kier molecular flexibility index (Phi) is 4.91. The number of alkyl halides is 2. The first-order valence-electron chi connectivity index (χ1n) is 9.73. The normalized spacial score (nSPS) is 12.1. The largest absolute Gasteiger partial charge is 0.494 e. The Bertz CT molecular complexity index is 1270. The highest BCUT2D eigenvalue weighted by Crippen LogP contribution is 2.37. The van der Waals surface area contributed by atoms with E-state index in [9.17, 15) is 13.9 Å². The Labute approximate surface area is 177 Å². The maximum Gasteiger partial charge on any atom is 0.387 e. The quantitative estimate of drug-likeness (QED) is 0.498. The molecule has 0 aliphatic heterocycles. The van der Waals surface area contributed by atoms with E-state index in [1.807, 2.05) is 45.5 Å². The van der Waals surface area contributed by atoms with Crippen molar-refractivity contribution in [2.45, 2.75) is 46.8 Å². The van der Waals surface area contributed by atoms with Crippen molar-refractivity contribution in [2.24, 2.45) is 0 Å². The fourth-order valence-electron chi connectivity index (χ4n) is 3.58. The zero-order valence-electron chi connectivity index (χ0n) is 17.9. The van der Waals surface area contributed by atoms with Gasteiger partial charge < -0.3 is 9.84 Å². The van der Waals surface area contributed by atoms with Gasteiger partial charge in [-0.05, 0) is 52.3 Å². The van der Waals surface area contributed by atoms with E-state index in [1.54, 1.807) is 16.8 Å². The summed E-state index contributed by atoms with van der Waals surface area (Å²) < 4.78 is 33.1. The van der Waals surface area contributed by atoms with Crippen molar-refractivity contribution in [1.82, 2.24) is 24.3 Å². The number of rotatable bonds is 4. The highest BCUT2D eigenvalue weighted by molar-refractivity contribution is 5.93. The maximum absolute atomic E-state index is 12.6. The second-order valence-electron chi connectivity index (χ2n) is 8.39. The Morgan fingerprint density at radius 3 is 2.48 bits per heavy atom. The molecule has 4 aromatic heterocycles. The van der Waals surface area contributed by atoms with Gasteiger partial charge in [-0.2, -0.15) is 13.9 Å². The van der Waals surface area contributed by atoms with Crippen LogP contribution in [0.2, 0.25) is 0 Å². The molecule has 0 fully saturated rings. The molecule has 9 heteroatoms. The van der Waals surface area contributed by atoms with Gasteiger partial charge in [-0.1, -0.05) is 0 Å². The average molecular weight is 427 g/mol. The SMILES string of the molecule is Cc1cc(-c2cncc(OC(F)F)c2)nc2c(C)n(-c3cnn(C(C)(C)C)c3)c(O)c12. The van der Waals surface area contributed by atoms with Crippen LogP contribution in [0.1, 0.15) is 32.0 Å². The van der Waals surface area contributed by atoms with Crippen molar-refractivity contribution < 1.29 is 18.6 Å². The Morgan fingerprint density at radius 2 is 1.84 bits per heavy atom. The van der Waals surface area contributed by atoms with Gasteiger partial charge in [0.05, 0.1) is 40.2 Å². The van der Waals surface area contributed by atoms with Crippen molar-refractivity contribution in [3.05, 3.63) is 48.2 Å². The molecule has 162 valence electrons. The van der Waals surface area contributed by atoms with E-state index in [4.69, 9.17) is 4.98 Å². The summed E-state index contributed by atoms with van der Waals surface area (Å²) in [5.74, 6) is 0.0317. The molecule has 0 bridgehead atoms. The van der Waals surface area contributed by atoms with E-state index >= 15 is 0 Å². The third-order valence-corrected chi connectivity index (χ3v) is 5.08. The summed E-state index contributed by atoms with van der Waals surface area (Å²) in [6, 6.07) is 3.25. The van der Waals surface area contributed by atoms with Crippen LogP contribution in [-0.4, -0.2) is 36.0 Å². The summed E-state index contributed by atoms with van der Waals surface area (Å²) in [5.41, 5.74) is 3.74. The molecular weight excluding hydrogens is 404 g/mol. The molecule has 0 saturated heterocycles. The first kappa shape index (κ1) is 20.8. The van der Waals surface area contributed by atoms with Crippen molar-refractivity contribution in [3.8, 4) is 28.6 Å². The van der Waals surface area contributed by atoms with Crippen LogP contribution in [0.3, 0.4) is 0 Å². The lowest BCUT2D eigenvalue weighted by atomic mass is 10.1. The minimum Gasteiger partial charge on any atom is -0.494 e. The van der Waals surface area contributed by atoms with E-state index < -0.39 is 6.61 Å². The van der Waals surface area contributed by atoms with E-state index in [0.29, 0.717) is 22.2 Å². The first-order chi connectivity index (χ1) is 14.6. The molecule has 0 atom stereocenters. The molecule has 0 aromatic carbocycles. The van der Waals surface area contributed by atoms with E-state index in [2.05, 4.69) is 14.8 Å². The lowest BCUT2D eigenvalue weighted by Gasteiger charge is -2.18. The fraction of sp³-hybridized carbons (Fsp3) is 0.318. The molecular formula is C22H23F2N5O2. The van der Waals surface area contributed by atoms with Crippen LogP contribution >= 0.6 is 0 Å². The number of aryl methyl sites for hydroxylation is 2. The highest BCUT2D eigenvalue weighted by atomic mass is 19.3. The van der Waals surface area contributed by atoms with Gasteiger partial charge in [-0.25, -0.2) is 4.98 Å². The summed E-state index contributed by atoms with van der Waals surface area (Å²) in [7, 11) is 0. The fourth-order valence-corrected chi connectivity index (χ4v) is 3.58. The lowest BCUT2D eigenvalue weighted by Crippen LogP contribution is -2.21. The molecule has 0 saturated carbocycles. The minimum absolute atomic E-state index is 0.0428. The first-order valence-corrected chi connectivity index (χ1v) is 9.73. The molecule has 0 aliphatic rings. The molecule has 0 spiro atoms. The Morgan fingerprint density at radius 1 is 1.10 bits per heavy atom. The van der Waals surface area contributed by atoms with E-state index in [1.165, 1.54) is 18.5 Å². The van der Waals surface area contributed by atoms with E-state index in [-0.39, 0.29) is 17.2 Å². The third-order valence-electron chi connectivity index (χ3n) is 5.08. The number of halogens is 2. The number of ether oxygens (including phenoxy) is 1. The van der Waals surface area contributed by atoms with E-state index in [0.717, 1.165) is 16.9 Å². The summed E-state index contributed by atoms with van der Waals surface area (Å²) in [5, 5.41) is 16.0.